The molecule has 1 heterocycles. The third kappa shape index (κ3) is 3.03. The SMILES string of the molecule is COc1cc2c(cc1OC)C(C)N(C(=O)c1cccc(C#N)c1)CC2. The van der Waals surface area contributed by atoms with Gasteiger partial charge in [0, 0.05) is 12.1 Å². The molecule has 0 fully saturated rings. The Morgan fingerprint density at radius 2 is 1.92 bits per heavy atom. The fourth-order valence-corrected chi connectivity index (χ4v) is 3.31. The van der Waals surface area contributed by atoms with Crippen molar-refractivity contribution in [2.24, 2.45) is 0 Å². The molecule has 0 aliphatic carbocycles. The molecule has 2 aromatic rings. The number of nitrogens with zero attached hydrogens (tertiary/aromatic N) is 2. The molecular weight excluding hydrogens is 316 g/mol. The molecule has 5 heteroatoms. The first kappa shape index (κ1) is 16.8. The van der Waals surface area contributed by atoms with E-state index in [1.54, 1.807) is 38.5 Å². The number of hydrogen-bond donors (Lipinski definition) is 0. The van der Waals surface area contributed by atoms with E-state index in [-0.39, 0.29) is 11.9 Å². The predicted molar refractivity (Wildman–Crippen MR) is 93.9 cm³/mol. The summed E-state index contributed by atoms with van der Waals surface area (Å²) in [5.74, 6) is 1.30. The molecule has 25 heavy (non-hydrogen) atoms. The molecule has 0 aromatic heterocycles. The summed E-state index contributed by atoms with van der Waals surface area (Å²) in [6, 6.07) is 12.8. The highest BCUT2D eigenvalue weighted by atomic mass is 16.5. The van der Waals surface area contributed by atoms with Crippen LogP contribution >= 0.6 is 0 Å². The van der Waals surface area contributed by atoms with Crippen molar-refractivity contribution in [1.82, 2.24) is 4.90 Å². The molecule has 0 radical (unpaired) electrons. The van der Waals surface area contributed by atoms with Crippen molar-refractivity contribution in [2.45, 2.75) is 19.4 Å². The molecule has 0 spiro atoms. The summed E-state index contributed by atoms with van der Waals surface area (Å²) in [5.41, 5.74) is 3.26. The normalized spacial score (nSPS) is 15.9. The van der Waals surface area contributed by atoms with Gasteiger partial charge in [0.05, 0.1) is 31.9 Å². The van der Waals surface area contributed by atoms with E-state index in [0.29, 0.717) is 29.2 Å². The van der Waals surface area contributed by atoms with E-state index < -0.39 is 0 Å². The molecule has 2 aromatic carbocycles. The number of benzene rings is 2. The third-order valence-corrected chi connectivity index (χ3v) is 4.68. The van der Waals surface area contributed by atoms with E-state index in [1.165, 1.54) is 5.56 Å². The van der Waals surface area contributed by atoms with Crippen molar-refractivity contribution < 1.29 is 14.3 Å². The molecule has 0 bridgehead atoms. The van der Waals surface area contributed by atoms with Gasteiger partial charge < -0.3 is 14.4 Å². The average molecular weight is 336 g/mol. The fourth-order valence-electron chi connectivity index (χ4n) is 3.31. The van der Waals surface area contributed by atoms with Crippen LogP contribution < -0.4 is 9.47 Å². The van der Waals surface area contributed by atoms with Gasteiger partial charge in [-0.3, -0.25) is 4.79 Å². The van der Waals surface area contributed by atoms with E-state index >= 15 is 0 Å². The Morgan fingerprint density at radius 3 is 2.60 bits per heavy atom. The minimum absolute atomic E-state index is 0.0648. The molecule has 5 nitrogen and oxygen atoms in total. The second kappa shape index (κ2) is 6.86. The molecule has 3 rings (SSSR count). The highest BCUT2D eigenvalue weighted by Crippen LogP contribution is 2.38. The van der Waals surface area contributed by atoms with Crippen LogP contribution in [0.1, 0.15) is 40.0 Å². The summed E-state index contributed by atoms with van der Waals surface area (Å²) < 4.78 is 10.8. The minimum Gasteiger partial charge on any atom is -0.493 e. The van der Waals surface area contributed by atoms with Gasteiger partial charge in [0.25, 0.3) is 5.91 Å². The maximum Gasteiger partial charge on any atom is 0.254 e. The second-order valence-electron chi connectivity index (χ2n) is 6.02. The Kier molecular flexibility index (Phi) is 4.62. The zero-order valence-electron chi connectivity index (χ0n) is 14.6. The van der Waals surface area contributed by atoms with Crippen molar-refractivity contribution in [3.63, 3.8) is 0 Å². The van der Waals surface area contributed by atoms with Crippen LogP contribution in [0.15, 0.2) is 36.4 Å². The van der Waals surface area contributed by atoms with Crippen LogP contribution in [-0.4, -0.2) is 31.6 Å². The Hall–Kier alpha value is -3.00. The summed E-state index contributed by atoms with van der Waals surface area (Å²) in [6.45, 7) is 2.63. The Bertz CT molecular complexity index is 855. The number of hydrogen-bond acceptors (Lipinski definition) is 4. The van der Waals surface area contributed by atoms with E-state index in [9.17, 15) is 4.79 Å². The molecule has 0 N–H and O–H groups in total. The summed E-state index contributed by atoms with van der Waals surface area (Å²) in [6.07, 6.45) is 0.754. The van der Waals surface area contributed by atoms with Crippen molar-refractivity contribution in [3.05, 3.63) is 58.7 Å². The van der Waals surface area contributed by atoms with E-state index in [0.717, 1.165) is 12.0 Å². The molecular formula is C20H20N2O3. The summed E-state index contributed by atoms with van der Waals surface area (Å²) in [5, 5.41) is 9.04. The van der Waals surface area contributed by atoms with Crippen LogP contribution in [0.5, 0.6) is 11.5 Å². The molecule has 128 valence electrons. The van der Waals surface area contributed by atoms with Crippen LogP contribution in [0.25, 0.3) is 0 Å². The summed E-state index contributed by atoms with van der Waals surface area (Å²) >= 11 is 0. The van der Waals surface area contributed by atoms with Crippen LogP contribution in [-0.2, 0) is 6.42 Å². The van der Waals surface area contributed by atoms with Crippen molar-refractivity contribution in [2.75, 3.05) is 20.8 Å². The molecule has 1 aliphatic heterocycles. The van der Waals surface area contributed by atoms with Gasteiger partial charge in [-0.2, -0.15) is 5.26 Å². The van der Waals surface area contributed by atoms with Crippen molar-refractivity contribution >= 4 is 5.91 Å². The number of carbonyl (C=O) groups is 1. The van der Waals surface area contributed by atoms with Crippen molar-refractivity contribution in [3.8, 4) is 17.6 Å². The molecule has 1 atom stereocenters. The summed E-state index contributed by atoms with van der Waals surface area (Å²) in [4.78, 5) is 14.8. The van der Waals surface area contributed by atoms with Gasteiger partial charge in [-0.15, -0.1) is 0 Å². The van der Waals surface area contributed by atoms with E-state index in [4.69, 9.17) is 14.7 Å². The van der Waals surface area contributed by atoms with Crippen LogP contribution in [0, 0.1) is 11.3 Å². The van der Waals surface area contributed by atoms with Crippen molar-refractivity contribution in [1.29, 1.82) is 5.26 Å². The lowest BCUT2D eigenvalue weighted by Gasteiger charge is -2.36. The largest absolute Gasteiger partial charge is 0.493 e. The average Bonchev–Trinajstić information content (AvgIpc) is 2.66. The Morgan fingerprint density at radius 1 is 1.20 bits per heavy atom. The molecule has 0 saturated heterocycles. The van der Waals surface area contributed by atoms with Gasteiger partial charge >= 0.3 is 0 Å². The quantitative estimate of drug-likeness (QED) is 0.862. The minimum atomic E-state index is -0.0817. The molecule has 1 aliphatic rings. The third-order valence-electron chi connectivity index (χ3n) is 4.68. The first-order valence-electron chi connectivity index (χ1n) is 8.15. The van der Waals surface area contributed by atoms with Gasteiger partial charge in [-0.25, -0.2) is 0 Å². The molecule has 1 amide bonds. The number of nitriles is 1. The monoisotopic (exact) mass is 336 g/mol. The van der Waals surface area contributed by atoms with Gasteiger partial charge in [-0.05, 0) is 54.8 Å². The lowest BCUT2D eigenvalue weighted by Crippen LogP contribution is -2.38. The van der Waals surface area contributed by atoms with E-state index in [1.807, 2.05) is 24.0 Å². The molecule has 0 saturated carbocycles. The first-order valence-corrected chi connectivity index (χ1v) is 8.15. The van der Waals surface area contributed by atoms with Crippen LogP contribution in [0.4, 0.5) is 0 Å². The van der Waals surface area contributed by atoms with Gasteiger partial charge in [0.2, 0.25) is 0 Å². The van der Waals surface area contributed by atoms with Gasteiger partial charge in [-0.1, -0.05) is 6.07 Å². The highest BCUT2D eigenvalue weighted by molar-refractivity contribution is 5.95. The predicted octanol–water partition coefficient (Wildman–Crippen LogP) is 3.33. The number of rotatable bonds is 3. The standard InChI is InChI=1S/C20H20N2O3/c1-13-17-11-19(25-3)18(24-2)10-15(17)7-8-22(13)20(23)16-6-4-5-14(9-16)12-21/h4-6,9-11,13H,7-8H2,1-3H3. The van der Waals surface area contributed by atoms with Crippen LogP contribution in [0.2, 0.25) is 0 Å². The zero-order chi connectivity index (χ0) is 18.0. The number of amides is 1. The lowest BCUT2D eigenvalue weighted by molar-refractivity contribution is 0.0677. The van der Waals surface area contributed by atoms with E-state index in [2.05, 4.69) is 6.07 Å². The zero-order valence-corrected chi connectivity index (χ0v) is 14.6. The smallest absolute Gasteiger partial charge is 0.254 e. The summed E-state index contributed by atoms with van der Waals surface area (Å²) in [7, 11) is 3.22. The molecule has 1 unspecified atom stereocenters. The van der Waals surface area contributed by atoms with Gasteiger partial charge in [0.1, 0.15) is 0 Å². The first-order chi connectivity index (χ1) is 12.1. The Labute approximate surface area is 147 Å². The maximum absolute atomic E-state index is 12.9. The topological polar surface area (TPSA) is 62.6 Å². The highest BCUT2D eigenvalue weighted by Gasteiger charge is 2.29. The van der Waals surface area contributed by atoms with Crippen LogP contribution in [0.3, 0.4) is 0 Å². The fraction of sp³-hybridized carbons (Fsp3) is 0.300. The Balaban J connectivity index is 1.94. The van der Waals surface area contributed by atoms with Gasteiger partial charge in [0.15, 0.2) is 11.5 Å². The number of carbonyl (C=O) groups excluding carboxylic acids is 1. The number of ether oxygens (including phenoxy) is 2. The lowest BCUT2D eigenvalue weighted by atomic mass is 9.92. The maximum atomic E-state index is 12.9. The second-order valence-corrected chi connectivity index (χ2v) is 6.02. The number of fused-ring (bicyclic) bond motifs is 1. The number of methoxy groups -OCH3 is 2.